The summed E-state index contributed by atoms with van der Waals surface area (Å²) in [6.45, 7) is 1.92. The zero-order valence-corrected chi connectivity index (χ0v) is 13.7. The average Bonchev–Trinajstić information content (AvgIpc) is 2.50. The van der Waals surface area contributed by atoms with E-state index < -0.39 is 0 Å². The van der Waals surface area contributed by atoms with Crippen molar-refractivity contribution in [1.82, 2.24) is 5.43 Å². The van der Waals surface area contributed by atoms with Gasteiger partial charge in [-0.1, -0.05) is 17.7 Å². The van der Waals surface area contributed by atoms with E-state index in [9.17, 15) is 9.90 Å². The van der Waals surface area contributed by atoms with Crippen LogP contribution < -0.4 is 10.2 Å². The number of nitrogens with one attached hydrogen (secondary N) is 1. The quantitative estimate of drug-likeness (QED) is 0.647. The fourth-order valence-electron chi connectivity index (χ4n) is 1.84. The summed E-state index contributed by atoms with van der Waals surface area (Å²) >= 11 is 3.22. The van der Waals surface area contributed by atoms with Crippen molar-refractivity contribution in [3.8, 4) is 11.5 Å². The number of hydrogen-bond acceptors (Lipinski definition) is 4. The molecule has 22 heavy (non-hydrogen) atoms. The number of hydrazone groups is 1. The molecule has 0 heterocycles. The lowest BCUT2D eigenvalue weighted by molar-refractivity contribution is 0.0955. The van der Waals surface area contributed by atoms with Crippen LogP contribution in [0.3, 0.4) is 0 Å². The van der Waals surface area contributed by atoms with Crippen LogP contribution in [0.2, 0.25) is 0 Å². The van der Waals surface area contributed by atoms with E-state index in [-0.39, 0.29) is 11.7 Å². The van der Waals surface area contributed by atoms with E-state index in [4.69, 9.17) is 4.74 Å². The second-order valence-corrected chi connectivity index (χ2v) is 5.48. The van der Waals surface area contributed by atoms with E-state index in [2.05, 4.69) is 26.5 Å². The van der Waals surface area contributed by atoms with Crippen molar-refractivity contribution >= 4 is 28.1 Å². The van der Waals surface area contributed by atoms with Gasteiger partial charge in [0.15, 0.2) is 11.5 Å². The molecule has 0 fully saturated rings. The highest BCUT2D eigenvalue weighted by atomic mass is 79.9. The lowest BCUT2D eigenvalue weighted by atomic mass is 10.1. The molecule has 2 aromatic carbocycles. The maximum absolute atomic E-state index is 11.9. The van der Waals surface area contributed by atoms with Crippen molar-refractivity contribution < 1.29 is 14.6 Å². The molecule has 0 bridgehead atoms. The monoisotopic (exact) mass is 362 g/mol. The molecule has 0 unspecified atom stereocenters. The Balaban J connectivity index is 2.10. The molecule has 0 radical (unpaired) electrons. The predicted octanol–water partition coefficient (Wildman–Crippen LogP) is 3.24. The Bertz CT molecular complexity index is 729. The van der Waals surface area contributed by atoms with Gasteiger partial charge in [-0.3, -0.25) is 4.79 Å². The summed E-state index contributed by atoms with van der Waals surface area (Å²) in [5.41, 5.74) is 4.68. The number of phenols is 1. The first-order valence-electron chi connectivity index (χ1n) is 6.48. The van der Waals surface area contributed by atoms with Gasteiger partial charge in [-0.05, 0) is 52.7 Å². The Hall–Kier alpha value is -2.34. The molecule has 0 spiro atoms. The predicted molar refractivity (Wildman–Crippen MR) is 88.6 cm³/mol. The van der Waals surface area contributed by atoms with E-state index in [0.29, 0.717) is 21.3 Å². The van der Waals surface area contributed by atoms with Gasteiger partial charge in [-0.2, -0.15) is 5.10 Å². The van der Waals surface area contributed by atoms with Gasteiger partial charge in [0.05, 0.1) is 17.8 Å². The molecule has 6 heteroatoms. The first-order valence-corrected chi connectivity index (χ1v) is 7.27. The number of carbonyl (C=O) groups excluding carboxylic acids is 1. The number of hydrogen-bond donors (Lipinski definition) is 2. The fraction of sp³-hybridized carbons (Fsp3) is 0.125. The van der Waals surface area contributed by atoms with Crippen LogP contribution in [0.4, 0.5) is 0 Å². The first kappa shape index (κ1) is 16.0. The normalized spacial score (nSPS) is 10.7. The summed E-state index contributed by atoms with van der Waals surface area (Å²) in [6.07, 6.45) is 1.47. The zero-order valence-electron chi connectivity index (χ0n) is 12.1. The molecule has 114 valence electrons. The highest BCUT2D eigenvalue weighted by Crippen LogP contribution is 2.34. The molecule has 2 aromatic rings. The van der Waals surface area contributed by atoms with Crippen molar-refractivity contribution in [3.63, 3.8) is 0 Å². The Labute approximate surface area is 136 Å². The number of ether oxygens (including phenoxy) is 1. The summed E-state index contributed by atoms with van der Waals surface area (Å²) in [7, 11) is 1.46. The van der Waals surface area contributed by atoms with Gasteiger partial charge >= 0.3 is 0 Å². The highest BCUT2D eigenvalue weighted by molar-refractivity contribution is 9.10. The van der Waals surface area contributed by atoms with Crippen molar-refractivity contribution in [2.75, 3.05) is 7.11 Å². The van der Waals surface area contributed by atoms with Crippen LogP contribution in [0.1, 0.15) is 21.5 Å². The molecule has 1 amide bonds. The molecular weight excluding hydrogens is 348 g/mol. The highest BCUT2D eigenvalue weighted by Gasteiger charge is 2.08. The van der Waals surface area contributed by atoms with Gasteiger partial charge in [0.2, 0.25) is 0 Å². The lowest BCUT2D eigenvalue weighted by Crippen LogP contribution is -2.17. The second kappa shape index (κ2) is 7.09. The molecular formula is C16H15BrN2O3. The van der Waals surface area contributed by atoms with Crippen molar-refractivity contribution in [2.45, 2.75) is 6.92 Å². The van der Waals surface area contributed by atoms with E-state index in [1.54, 1.807) is 24.3 Å². The SMILES string of the molecule is COc1cc(/C=N\NC(=O)c2cccc(C)c2)cc(Br)c1O. The number of phenolic OH excluding ortho intramolecular Hbond substituents is 1. The lowest BCUT2D eigenvalue weighted by Gasteiger charge is -2.06. The van der Waals surface area contributed by atoms with Crippen LogP contribution in [0.15, 0.2) is 46.0 Å². The minimum atomic E-state index is -0.287. The molecule has 0 atom stereocenters. The van der Waals surface area contributed by atoms with Crippen molar-refractivity contribution in [1.29, 1.82) is 0 Å². The Morgan fingerprint density at radius 2 is 2.14 bits per heavy atom. The molecule has 0 saturated heterocycles. The Kier molecular flexibility index (Phi) is 5.16. The first-order chi connectivity index (χ1) is 10.5. The van der Waals surface area contributed by atoms with E-state index in [0.717, 1.165) is 5.56 Å². The topological polar surface area (TPSA) is 70.9 Å². The number of halogens is 1. The minimum Gasteiger partial charge on any atom is -0.503 e. The summed E-state index contributed by atoms with van der Waals surface area (Å²) in [5, 5.41) is 13.6. The number of amides is 1. The van der Waals surface area contributed by atoms with Crippen LogP contribution >= 0.6 is 15.9 Å². The zero-order chi connectivity index (χ0) is 16.1. The number of benzene rings is 2. The smallest absolute Gasteiger partial charge is 0.271 e. The number of methoxy groups -OCH3 is 1. The molecule has 0 aliphatic rings. The number of carbonyl (C=O) groups is 1. The number of rotatable bonds is 4. The molecule has 2 rings (SSSR count). The van der Waals surface area contributed by atoms with Gasteiger partial charge in [0.1, 0.15) is 0 Å². The van der Waals surface area contributed by atoms with Gasteiger partial charge in [-0.25, -0.2) is 5.43 Å². The Morgan fingerprint density at radius 1 is 1.36 bits per heavy atom. The van der Waals surface area contributed by atoms with Crippen LogP contribution in [-0.4, -0.2) is 24.3 Å². The summed E-state index contributed by atoms with van der Waals surface area (Å²) < 4.78 is 5.53. The molecule has 0 saturated carbocycles. The van der Waals surface area contributed by atoms with Crippen LogP contribution in [0.25, 0.3) is 0 Å². The van der Waals surface area contributed by atoms with Gasteiger partial charge < -0.3 is 9.84 Å². The average molecular weight is 363 g/mol. The van der Waals surface area contributed by atoms with Crippen molar-refractivity contribution in [3.05, 3.63) is 57.6 Å². The third-order valence-corrected chi connectivity index (χ3v) is 3.54. The summed E-state index contributed by atoms with van der Waals surface area (Å²) in [6, 6.07) is 10.5. The minimum absolute atomic E-state index is 0.0171. The van der Waals surface area contributed by atoms with Gasteiger partial charge in [0, 0.05) is 5.56 Å². The van der Waals surface area contributed by atoms with Crippen LogP contribution in [-0.2, 0) is 0 Å². The second-order valence-electron chi connectivity index (χ2n) is 4.62. The third kappa shape index (κ3) is 3.85. The number of aryl methyl sites for hydroxylation is 1. The molecule has 0 aromatic heterocycles. The molecule has 0 aliphatic heterocycles. The largest absolute Gasteiger partial charge is 0.503 e. The summed E-state index contributed by atoms with van der Waals surface area (Å²) in [5.74, 6) is 0.0500. The molecule has 2 N–H and O–H groups in total. The number of nitrogens with zero attached hydrogens (tertiary/aromatic N) is 1. The van der Waals surface area contributed by atoms with Crippen LogP contribution in [0.5, 0.6) is 11.5 Å². The van der Waals surface area contributed by atoms with E-state index in [1.807, 2.05) is 19.1 Å². The number of aromatic hydroxyl groups is 1. The Morgan fingerprint density at radius 3 is 2.82 bits per heavy atom. The standard InChI is InChI=1S/C16H15BrN2O3/c1-10-4-3-5-12(6-10)16(21)19-18-9-11-7-13(17)15(20)14(8-11)22-2/h3-9,20H,1-2H3,(H,19,21)/b18-9-. The fourth-order valence-corrected chi connectivity index (χ4v) is 2.30. The van der Waals surface area contributed by atoms with E-state index in [1.165, 1.54) is 13.3 Å². The molecule has 5 nitrogen and oxygen atoms in total. The van der Waals surface area contributed by atoms with Crippen LogP contribution in [0, 0.1) is 6.92 Å². The van der Waals surface area contributed by atoms with Gasteiger partial charge in [-0.15, -0.1) is 0 Å². The van der Waals surface area contributed by atoms with Gasteiger partial charge in [0.25, 0.3) is 5.91 Å². The third-order valence-electron chi connectivity index (χ3n) is 2.93. The van der Waals surface area contributed by atoms with E-state index >= 15 is 0 Å². The van der Waals surface area contributed by atoms with Crippen molar-refractivity contribution in [2.24, 2.45) is 5.10 Å². The maximum atomic E-state index is 11.9. The summed E-state index contributed by atoms with van der Waals surface area (Å²) in [4.78, 5) is 11.9. The maximum Gasteiger partial charge on any atom is 0.271 e. The molecule has 0 aliphatic carbocycles.